The van der Waals surface area contributed by atoms with Crippen molar-refractivity contribution in [2.75, 3.05) is 6.61 Å². The molecular formula is C21H28O3. The van der Waals surface area contributed by atoms with Gasteiger partial charge in [0.2, 0.25) is 0 Å². The number of ether oxygens (including phenoxy) is 1. The number of hydrogen-bond donors (Lipinski definition) is 1. The number of allylic oxidation sites excluding steroid dienone is 2. The van der Waals surface area contributed by atoms with Gasteiger partial charge in [-0.3, -0.25) is 4.79 Å². The predicted molar refractivity (Wildman–Crippen MR) is 96.9 cm³/mol. The van der Waals surface area contributed by atoms with E-state index in [1.807, 2.05) is 12.1 Å². The van der Waals surface area contributed by atoms with Crippen LogP contribution in [-0.4, -0.2) is 23.1 Å². The largest absolute Gasteiger partial charge is 0.498 e. The SMILES string of the molecule is CCCCCCCCOC1=CC=CC(O)(C(=O)c2ccccc2)C1. The van der Waals surface area contributed by atoms with Crippen molar-refractivity contribution in [2.24, 2.45) is 0 Å². The topological polar surface area (TPSA) is 46.5 Å². The Kier molecular flexibility index (Phi) is 7.26. The highest BCUT2D eigenvalue weighted by molar-refractivity contribution is 6.04. The van der Waals surface area contributed by atoms with Crippen LogP contribution in [0.3, 0.4) is 0 Å². The van der Waals surface area contributed by atoms with Crippen molar-refractivity contribution in [1.29, 1.82) is 0 Å². The number of hydrogen-bond acceptors (Lipinski definition) is 3. The van der Waals surface area contributed by atoms with Gasteiger partial charge in [0.1, 0.15) is 0 Å². The monoisotopic (exact) mass is 328 g/mol. The summed E-state index contributed by atoms with van der Waals surface area (Å²) in [7, 11) is 0. The van der Waals surface area contributed by atoms with Crippen LogP contribution in [0, 0.1) is 0 Å². The molecule has 0 heterocycles. The van der Waals surface area contributed by atoms with Gasteiger partial charge in [-0.1, -0.05) is 75.4 Å². The molecule has 0 radical (unpaired) electrons. The van der Waals surface area contributed by atoms with Gasteiger partial charge in [-0.15, -0.1) is 0 Å². The van der Waals surface area contributed by atoms with E-state index in [9.17, 15) is 9.90 Å². The molecule has 0 fully saturated rings. The lowest BCUT2D eigenvalue weighted by atomic mass is 9.86. The Morgan fingerprint density at radius 1 is 1.12 bits per heavy atom. The van der Waals surface area contributed by atoms with E-state index in [2.05, 4.69) is 6.92 Å². The second-order valence-electron chi connectivity index (χ2n) is 6.40. The maximum atomic E-state index is 12.6. The Labute approximate surface area is 145 Å². The highest BCUT2D eigenvalue weighted by atomic mass is 16.5. The summed E-state index contributed by atoms with van der Waals surface area (Å²) in [5.74, 6) is 0.394. The van der Waals surface area contributed by atoms with Gasteiger partial charge in [-0.2, -0.15) is 0 Å². The maximum absolute atomic E-state index is 12.6. The zero-order chi connectivity index (χ0) is 17.3. The van der Waals surface area contributed by atoms with Crippen LogP contribution < -0.4 is 0 Å². The normalized spacial score (nSPS) is 19.8. The first-order valence-electron chi connectivity index (χ1n) is 8.99. The van der Waals surface area contributed by atoms with Gasteiger partial charge in [0.15, 0.2) is 11.4 Å². The molecule has 0 aromatic heterocycles. The summed E-state index contributed by atoms with van der Waals surface area (Å²) in [6.07, 6.45) is 12.6. The lowest BCUT2D eigenvalue weighted by Crippen LogP contribution is -2.38. The van der Waals surface area contributed by atoms with Gasteiger partial charge in [0.05, 0.1) is 12.4 Å². The highest BCUT2D eigenvalue weighted by Gasteiger charge is 2.36. The Morgan fingerprint density at radius 3 is 2.58 bits per heavy atom. The molecule has 1 aromatic carbocycles. The van der Waals surface area contributed by atoms with E-state index in [4.69, 9.17) is 4.74 Å². The van der Waals surface area contributed by atoms with Crippen LogP contribution in [0.15, 0.2) is 54.3 Å². The minimum absolute atomic E-state index is 0.201. The predicted octanol–water partition coefficient (Wildman–Crippen LogP) is 4.82. The standard InChI is InChI=1S/C21H28O3/c1-2-3-4-5-6-10-16-24-19-14-11-15-21(23,17-19)20(22)18-12-8-7-9-13-18/h7-9,11-15,23H,2-6,10,16-17H2,1H3. The van der Waals surface area contributed by atoms with E-state index in [-0.39, 0.29) is 12.2 Å². The zero-order valence-electron chi connectivity index (χ0n) is 14.5. The number of unbranched alkanes of at least 4 members (excludes halogenated alkanes) is 5. The summed E-state index contributed by atoms with van der Waals surface area (Å²) < 4.78 is 5.77. The number of aliphatic hydroxyl groups is 1. The third kappa shape index (κ3) is 5.34. The molecule has 1 N–H and O–H groups in total. The van der Waals surface area contributed by atoms with Crippen molar-refractivity contribution in [3.63, 3.8) is 0 Å². The molecule has 1 aliphatic carbocycles. The minimum atomic E-state index is -1.51. The van der Waals surface area contributed by atoms with Gasteiger partial charge in [0.25, 0.3) is 0 Å². The first kappa shape index (κ1) is 18.5. The van der Waals surface area contributed by atoms with Crippen molar-refractivity contribution < 1.29 is 14.6 Å². The van der Waals surface area contributed by atoms with E-state index in [0.29, 0.717) is 17.9 Å². The maximum Gasteiger partial charge on any atom is 0.198 e. The van der Waals surface area contributed by atoms with E-state index in [1.165, 1.54) is 25.7 Å². The molecular weight excluding hydrogens is 300 g/mol. The van der Waals surface area contributed by atoms with Crippen molar-refractivity contribution in [3.05, 3.63) is 59.9 Å². The number of rotatable bonds is 10. The molecule has 2 rings (SSSR count). The van der Waals surface area contributed by atoms with Crippen LogP contribution in [0.25, 0.3) is 0 Å². The fraction of sp³-hybridized carbons (Fsp3) is 0.476. The first-order chi connectivity index (χ1) is 11.7. The Hall–Kier alpha value is -1.87. The summed E-state index contributed by atoms with van der Waals surface area (Å²) >= 11 is 0. The fourth-order valence-electron chi connectivity index (χ4n) is 2.88. The number of benzene rings is 1. The van der Waals surface area contributed by atoms with Crippen molar-refractivity contribution in [1.82, 2.24) is 0 Å². The number of ketones is 1. The lowest BCUT2D eigenvalue weighted by molar-refractivity contribution is 0.0438. The van der Waals surface area contributed by atoms with Crippen LogP contribution in [0.2, 0.25) is 0 Å². The molecule has 0 saturated heterocycles. The average molecular weight is 328 g/mol. The van der Waals surface area contributed by atoms with Crippen molar-refractivity contribution in [3.8, 4) is 0 Å². The Bertz CT molecular complexity index is 574. The molecule has 1 unspecified atom stereocenters. The molecule has 24 heavy (non-hydrogen) atoms. The van der Waals surface area contributed by atoms with E-state index in [1.54, 1.807) is 36.4 Å². The zero-order valence-corrected chi connectivity index (χ0v) is 14.5. The molecule has 3 heteroatoms. The second-order valence-corrected chi connectivity index (χ2v) is 6.40. The quantitative estimate of drug-likeness (QED) is 0.495. The van der Waals surface area contributed by atoms with E-state index in [0.717, 1.165) is 12.8 Å². The van der Waals surface area contributed by atoms with Gasteiger partial charge in [-0.05, 0) is 18.6 Å². The number of carbonyl (C=O) groups is 1. The average Bonchev–Trinajstić information content (AvgIpc) is 2.61. The minimum Gasteiger partial charge on any atom is -0.498 e. The van der Waals surface area contributed by atoms with Crippen molar-refractivity contribution in [2.45, 2.75) is 57.5 Å². The van der Waals surface area contributed by atoms with Crippen LogP contribution in [0.5, 0.6) is 0 Å². The lowest BCUT2D eigenvalue weighted by Gasteiger charge is -2.27. The second kappa shape index (κ2) is 9.43. The first-order valence-corrected chi connectivity index (χ1v) is 8.99. The van der Waals surface area contributed by atoms with Crippen LogP contribution in [-0.2, 0) is 4.74 Å². The van der Waals surface area contributed by atoms with Crippen LogP contribution in [0.1, 0.15) is 62.2 Å². The molecule has 1 atom stereocenters. The molecule has 3 nitrogen and oxygen atoms in total. The van der Waals surface area contributed by atoms with Gasteiger partial charge in [-0.25, -0.2) is 0 Å². The summed E-state index contributed by atoms with van der Waals surface area (Å²) in [4.78, 5) is 12.6. The highest BCUT2D eigenvalue weighted by Crippen LogP contribution is 2.27. The van der Waals surface area contributed by atoms with Gasteiger partial charge < -0.3 is 9.84 Å². The number of Topliss-reactive ketones (excluding diaryl/α,β-unsaturated/α-hetero) is 1. The summed E-state index contributed by atoms with van der Waals surface area (Å²) in [6.45, 7) is 2.85. The Balaban J connectivity index is 1.80. The molecule has 0 amide bonds. The molecule has 1 aliphatic rings. The fourth-order valence-corrected chi connectivity index (χ4v) is 2.88. The van der Waals surface area contributed by atoms with Crippen LogP contribution in [0.4, 0.5) is 0 Å². The third-order valence-electron chi connectivity index (χ3n) is 4.31. The summed E-state index contributed by atoms with van der Waals surface area (Å²) in [5, 5.41) is 10.7. The van der Waals surface area contributed by atoms with Crippen LogP contribution >= 0.6 is 0 Å². The van der Waals surface area contributed by atoms with Gasteiger partial charge in [0, 0.05) is 12.0 Å². The van der Waals surface area contributed by atoms with E-state index >= 15 is 0 Å². The number of carbonyl (C=O) groups excluding carboxylic acids is 1. The smallest absolute Gasteiger partial charge is 0.198 e. The third-order valence-corrected chi connectivity index (χ3v) is 4.31. The molecule has 0 bridgehead atoms. The molecule has 1 aromatic rings. The van der Waals surface area contributed by atoms with E-state index < -0.39 is 5.60 Å². The van der Waals surface area contributed by atoms with Gasteiger partial charge >= 0.3 is 0 Å². The molecule has 130 valence electrons. The molecule has 0 aliphatic heterocycles. The molecule has 0 saturated carbocycles. The summed E-state index contributed by atoms with van der Waals surface area (Å²) in [6, 6.07) is 8.91. The Morgan fingerprint density at radius 2 is 1.83 bits per heavy atom. The molecule has 0 spiro atoms. The summed E-state index contributed by atoms with van der Waals surface area (Å²) in [5.41, 5.74) is -0.992. The van der Waals surface area contributed by atoms with Crippen molar-refractivity contribution >= 4 is 5.78 Å².